The molecule has 168 valence electrons. The molecule has 8 nitrogen and oxygen atoms in total. The molecule has 0 bridgehead atoms. The van der Waals surface area contributed by atoms with Crippen molar-refractivity contribution in [3.05, 3.63) is 76.6 Å². The van der Waals surface area contributed by atoms with Crippen LogP contribution >= 0.6 is 0 Å². The fourth-order valence-corrected chi connectivity index (χ4v) is 3.93. The highest BCUT2D eigenvalue weighted by molar-refractivity contribution is 5.89. The molecular formula is C24H25NO7. The molecule has 4 rings (SSSR count). The Morgan fingerprint density at radius 3 is 2.59 bits per heavy atom. The Kier molecular flexibility index (Phi) is 6.55. The quantitative estimate of drug-likeness (QED) is 0.446. The van der Waals surface area contributed by atoms with Gasteiger partial charge in [-0.2, -0.15) is 0 Å². The van der Waals surface area contributed by atoms with Crippen molar-refractivity contribution in [1.82, 2.24) is 0 Å². The van der Waals surface area contributed by atoms with Gasteiger partial charge in [-0.15, -0.1) is 0 Å². The highest BCUT2D eigenvalue weighted by Crippen LogP contribution is 2.32. The van der Waals surface area contributed by atoms with Crippen LogP contribution in [0.15, 0.2) is 69.9 Å². The SMILES string of the molecule is CO[C@H]1OC(CO)[C@@H](C)[C@H](OC(=O)c2ccccc2)C1Nc1ccc2ccc(=O)oc2c1. The number of anilines is 1. The van der Waals surface area contributed by atoms with E-state index in [0.29, 0.717) is 16.8 Å². The third-order valence-electron chi connectivity index (χ3n) is 5.68. The third-order valence-corrected chi connectivity index (χ3v) is 5.68. The molecule has 2 unspecified atom stereocenters. The number of ether oxygens (including phenoxy) is 3. The van der Waals surface area contributed by atoms with Gasteiger partial charge in [0.2, 0.25) is 0 Å². The zero-order valence-corrected chi connectivity index (χ0v) is 17.8. The molecule has 1 aromatic heterocycles. The van der Waals surface area contributed by atoms with E-state index in [0.717, 1.165) is 5.39 Å². The molecule has 2 N–H and O–H groups in total. The summed E-state index contributed by atoms with van der Waals surface area (Å²) in [5, 5.41) is 13.9. The Morgan fingerprint density at radius 2 is 1.88 bits per heavy atom. The average molecular weight is 439 g/mol. The van der Waals surface area contributed by atoms with Crippen molar-refractivity contribution in [3.63, 3.8) is 0 Å². The maximum atomic E-state index is 12.8. The summed E-state index contributed by atoms with van der Waals surface area (Å²) in [6, 6.07) is 16.5. The van der Waals surface area contributed by atoms with E-state index >= 15 is 0 Å². The molecule has 1 fully saturated rings. The van der Waals surface area contributed by atoms with E-state index in [2.05, 4.69) is 5.32 Å². The van der Waals surface area contributed by atoms with Crippen molar-refractivity contribution in [2.45, 2.75) is 31.5 Å². The molecule has 5 atom stereocenters. The first kappa shape index (κ1) is 22.0. The first-order valence-corrected chi connectivity index (χ1v) is 10.4. The fraction of sp³-hybridized carbons (Fsp3) is 0.333. The summed E-state index contributed by atoms with van der Waals surface area (Å²) >= 11 is 0. The summed E-state index contributed by atoms with van der Waals surface area (Å²) in [7, 11) is 1.49. The Balaban J connectivity index is 1.65. The smallest absolute Gasteiger partial charge is 0.338 e. The van der Waals surface area contributed by atoms with Crippen molar-refractivity contribution in [3.8, 4) is 0 Å². The summed E-state index contributed by atoms with van der Waals surface area (Å²) in [5.74, 6) is -0.804. The molecule has 0 aliphatic carbocycles. The van der Waals surface area contributed by atoms with Crippen LogP contribution in [0.2, 0.25) is 0 Å². The molecular weight excluding hydrogens is 414 g/mol. The van der Waals surface area contributed by atoms with Crippen molar-refractivity contribution in [2.75, 3.05) is 19.0 Å². The van der Waals surface area contributed by atoms with Gasteiger partial charge in [-0.1, -0.05) is 25.1 Å². The minimum absolute atomic E-state index is 0.242. The van der Waals surface area contributed by atoms with Gasteiger partial charge in [0.05, 0.1) is 18.3 Å². The number of benzene rings is 2. The van der Waals surface area contributed by atoms with E-state index in [1.165, 1.54) is 13.2 Å². The fourth-order valence-electron chi connectivity index (χ4n) is 3.93. The van der Waals surface area contributed by atoms with E-state index in [9.17, 15) is 14.7 Å². The van der Waals surface area contributed by atoms with Crippen molar-refractivity contribution >= 4 is 22.6 Å². The molecule has 1 aliphatic rings. The van der Waals surface area contributed by atoms with Gasteiger partial charge in [-0.25, -0.2) is 9.59 Å². The number of aliphatic hydroxyl groups excluding tert-OH is 1. The molecule has 0 spiro atoms. The number of rotatable bonds is 6. The highest BCUT2D eigenvalue weighted by atomic mass is 16.7. The van der Waals surface area contributed by atoms with Gasteiger partial charge in [0.15, 0.2) is 6.29 Å². The second kappa shape index (κ2) is 9.52. The summed E-state index contributed by atoms with van der Waals surface area (Å²) in [6.07, 6.45) is -2.03. The maximum Gasteiger partial charge on any atom is 0.338 e. The second-order valence-corrected chi connectivity index (χ2v) is 7.73. The highest BCUT2D eigenvalue weighted by Gasteiger charge is 2.46. The molecule has 0 radical (unpaired) electrons. The van der Waals surface area contributed by atoms with Gasteiger partial charge in [0.1, 0.15) is 17.7 Å². The monoisotopic (exact) mass is 439 g/mol. The molecule has 8 heteroatoms. The van der Waals surface area contributed by atoms with Crippen molar-refractivity contribution in [1.29, 1.82) is 0 Å². The van der Waals surface area contributed by atoms with Crippen molar-refractivity contribution < 1.29 is 28.5 Å². The van der Waals surface area contributed by atoms with E-state index in [1.54, 1.807) is 36.4 Å². The number of hydrogen-bond donors (Lipinski definition) is 2. The maximum absolute atomic E-state index is 12.8. The predicted octanol–water partition coefficient (Wildman–Crippen LogP) is 2.80. The van der Waals surface area contributed by atoms with Gasteiger partial charge in [-0.05, 0) is 30.3 Å². The minimum Gasteiger partial charge on any atom is -0.456 e. The van der Waals surface area contributed by atoms with Gasteiger partial charge >= 0.3 is 11.6 Å². The van der Waals surface area contributed by atoms with E-state index < -0.39 is 36.1 Å². The topological polar surface area (TPSA) is 107 Å². The number of carbonyl (C=O) groups is 1. The van der Waals surface area contributed by atoms with Crippen LogP contribution in [0.5, 0.6) is 0 Å². The number of carbonyl (C=O) groups excluding carboxylic acids is 1. The summed E-state index contributed by atoms with van der Waals surface area (Å²) < 4.78 is 22.6. The normalized spacial score (nSPS) is 25.4. The first-order valence-electron chi connectivity index (χ1n) is 10.4. The molecule has 2 heterocycles. The largest absolute Gasteiger partial charge is 0.456 e. The average Bonchev–Trinajstić information content (AvgIpc) is 2.81. The van der Waals surface area contributed by atoms with Gasteiger partial charge in [-0.3, -0.25) is 0 Å². The van der Waals surface area contributed by atoms with Crippen LogP contribution in [0.1, 0.15) is 17.3 Å². The Hall–Kier alpha value is -3.20. The second-order valence-electron chi connectivity index (χ2n) is 7.73. The van der Waals surface area contributed by atoms with Gasteiger partial charge < -0.3 is 29.1 Å². The van der Waals surface area contributed by atoms with E-state index in [1.807, 2.05) is 25.1 Å². The Labute approximate surface area is 184 Å². The molecule has 1 aliphatic heterocycles. The summed E-state index contributed by atoms with van der Waals surface area (Å²) in [6.45, 7) is 1.61. The van der Waals surface area contributed by atoms with E-state index in [-0.39, 0.29) is 12.5 Å². The Morgan fingerprint density at radius 1 is 1.12 bits per heavy atom. The molecule has 2 aromatic carbocycles. The number of methoxy groups -OCH3 is 1. The number of fused-ring (bicyclic) bond motifs is 1. The van der Waals surface area contributed by atoms with Crippen LogP contribution in [0.3, 0.4) is 0 Å². The number of esters is 1. The van der Waals surface area contributed by atoms with Crippen LogP contribution in [0.4, 0.5) is 5.69 Å². The first-order chi connectivity index (χ1) is 15.5. The zero-order chi connectivity index (χ0) is 22.7. The number of nitrogens with one attached hydrogen (secondary N) is 1. The summed E-state index contributed by atoms with van der Waals surface area (Å²) in [4.78, 5) is 24.4. The third kappa shape index (κ3) is 4.52. The number of aliphatic hydroxyl groups is 1. The molecule has 3 aromatic rings. The standard InChI is InChI=1S/C24H25NO7/c1-14-19(13-26)31-24(29-2)21(22(14)32-23(28)16-6-4-3-5-7-16)25-17-10-8-15-9-11-20(27)30-18(15)12-17/h3-12,14,19,21-22,24-26H,13H2,1-2H3/t14-,19?,21?,22+,24+/m1/s1. The lowest BCUT2D eigenvalue weighted by molar-refractivity contribution is -0.236. The van der Waals surface area contributed by atoms with Crippen LogP contribution in [-0.4, -0.2) is 49.3 Å². The minimum atomic E-state index is -0.796. The predicted molar refractivity (Wildman–Crippen MR) is 117 cm³/mol. The summed E-state index contributed by atoms with van der Waals surface area (Å²) in [5.41, 5.74) is 1.04. The Bertz CT molecular complexity index is 1130. The number of hydrogen-bond acceptors (Lipinski definition) is 8. The molecule has 0 amide bonds. The van der Waals surface area contributed by atoms with Crippen LogP contribution in [0.25, 0.3) is 11.0 Å². The molecule has 1 saturated heterocycles. The molecule has 0 saturated carbocycles. The lowest BCUT2D eigenvalue weighted by Crippen LogP contribution is -2.59. The molecule has 32 heavy (non-hydrogen) atoms. The van der Waals surface area contributed by atoms with Crippen LogP contribution < -0.4 is 10.9 Å². The van der Waals surface area contributed by atoms with E-state index in [4.69, 9.17) is 18.6 Å². The van der Waals surface area contributed by atoms with Gasteiger partial charge in [0, 0.05) is 36.2 Å². The zero-order valence-electron chi connectivity index (χ0n) is 17.8. The lowest BCUT2D eigenvalue weighted by Gasteiger charge is -2.44. The van der Waals surface area contributed by atoms with Crippen molar-refractivity contribution in [2.24, 2.45) is 5.92 Å². The van der Waals surface area contributed by atoms with Crippen LogP contribution in [0, 0.1) is 5.92 Å². The van der Waals surface area contributed by atoms with Gasteiger partial charge in [0.25, 0.3) is 0 Å². The van der Waals surface area contributed by atoms with Crippen LogP contribution in [-0.2, 0) is 14.2 Å². The lowest BCUT2D eigenvalue weighted by atomic mass is 9.88.